The summed E-state index contributed by atoms with van der Waals surface area (Å²) >= 11 is 0. The van der Waals surface area contributed by atoms with Gasteiger partial charge in [0, 0.05) is 12.0 Å². The zero-order valence-electron chi connectivity index (χ0n) is 16.5. The van der Waals surface area contributed by atoms with E-state index in [-0.39, 0.29) is 17.6 Å². The van der Waals surface area contributed by atoms with Crippen LogP contribution in [0.15, 0.2) is 42.5 Å². The van der Waals surface area contributed by atoms with E-state index >= 15 is 0 Å². The number of aryl methyl sites for hydroxylation is 1. The van der Waals surface area contributed by atoms with Gasteiger partial charge < -0.3 is 19.5 Å². The molecule has 27 heavy (non-hydrogen) atoms. The number of hydrogen-bond donors (Lipinski definition) is 1. The Morgan fingerprint density at radius 1 is 1.22 bits per heavy atom. The van der Waals surface area contributed by atoms with Crippen LogP contribution in [-0.4, -0.2) is 24.7 Å². The lowest BCUT2D eigenvalue weighted by molar-refractivity contribution is -0.128. The Morgan fingerprint density at radius 3 is 2.63 bits per heavy atom. The number of carbonyl (C=O) groups excluding carboxylic acids is 1. The molecule has 0 radical (unpaired) electrons. The summed E-state index contributed by atoms with van der Waals surface area (Å²) in [5, 5.41) is 3.13. The molecule has 0 bridgehead atoms. The second kappa shape index (κ2) is 7.51. The fourth-order valence-corrected chi connectivity index (χ4v) is 3.35. The number of rotatable bonds is 5. The molecular formula is C22H27NO4. The summed E-state index contributed by atoms with van der Waals surface area (Å²) < 4.78 is 17.2. The summed E-state index contributed by atoms with van der Waals surface area (Å²) in [4.78, 5) is 12.8. The van der Waals surface area contributed by atoms with Crippen LogP contribution >= 0.6 is 0 Å². The highest BCUT2D eigenvalue weighted by Gasteiger charge is 2.35. The highest BCUT2D eigenvalue weighted by atomic mass is 16.5. The molecule has 5 nitrogen and oxygen atoms in total. The van der Waals surface area contributed by atoms with Crippen molar-refractivity contribution in [2.75, 3.05) is 7.11 Å². The van der Waals surface area contributed by atoms with Gasteiger partial charge in [-0.1, -0.05) is 29.8 Å². The normalized spacial score (nSPS) is 18.6. The molecule has 0 spiro atoms. The van der Waals surface area contributed by atoms with Gasteiger partial charge in [0.15, 0.2) is 17.6 Å². The second-order valence-corrected chi connectivity index (χ2v) is 7.58. The monoisotopic (exact) mass is 369 g/mol. The van der Waals surface area contributed by atoms with Crippen LogP contribution in [0, 0.1) is 6.92 Å². The Bertz CT molecular complexity index is 831. The first-order valence-corrected chi connectivity index (χ1v) is 9.19. The van der Waals surface area contributed by atoms with E-state index < -0.39 is 6.10 Å². The maximum atomic E-state index is 12.8. The van der Waals surface area contributed by atoms with Gasteiger partial charge in [0.2, 0.25) is 0 Å². The van der Waals surface area contributed by atoms with Crippen LogP contribution in [0.25, 0.3) is 0 Å². The Morgan fingerprint density at radius 2 is 1.93 bits per heavy atom. The number of para-hydroxylation sites is 2. The summed E-state index contributed by atoms with van der Waals surface area (Å²) in [6.45, 7) is 7.84. The third-order valence-electron chi connectivity index (χ3n) is 4.68. The molecule has 0 saturated carbocycles. The lowest BCUT2D eigenvalue weighted by atomic mass is 9.89. The minimum Gasteiger partial charge on any atom is -0.493 e. The van der Waals surface area contributed by atoms with Crippen molar-refractivity contribution in [3.8, 4) is 17.2 Å². The molecule has 1 amide bonds. The average molecular weight is 369 g/mol. The molecular weight excluding hydrogens is 342 g/mol. The van der Waals surface area contributed by atoms with Gasteiger partial charge in [-0.25, -0.2) is 0 Å². The van der Waals surface area contributed by atoms with Gasteiger partial charge in [-0.3, -0.25) is 4.79 Å². The van der Waals surface area contributed by atoms with Gasteiger partial charge in [0.05, 0.1) is 13.2 Å². The van der Waals surface area contributed by atoms with Crippen molar-refractivity contribution in [3.63, 3.8) is 0 Å². The van der Waals surface area contributed by atoms with E-state index in [2.05, 4.69) is 11.4 Å². The number of nitrogens with one attached hydrogen (secondary N) is 1. The number of methoxy groups -OCH3 is 1. The van der Waals surface area contributed by atoms with Gasteiger partial charge in [0.25, 0.3) is 5.91 Å². The molecule has 0 unspecified atom stereocenters. The second-order valence-electron chi connectivity index (χ2n) is 7.58. The summed E-state index contributed by atoms with van der Waals surface area (Å²) in [7, 11) is 1.58. The SMILES string of the molecule is COc1ccccc1O[C@H](C)C(=O)N[C@@H]1CC(C)(C)Oc2ccc(C)cc21. The van der Waals surface area contributed by atoms with Crippen molar-refractivity contribution in [2.24, 2.45) is 0 Å². The number of fused-ring (bicyclic) bond motifs is 1. The maximum Gasteiger partial charge on any atom is 0.261 e. The van der Waals surface area contributed by atoms with Crippen molar-refractivity contribution in [1.29, 1.82) is 0 Å². The quantitative estimate of drug-likeness (QED) is 0.859. The molecule has 1 aliphatic heterocycles. The lowest BCUT2D eigenvalue weighted by Crippen LogP contribution is -2.44. The van der Waals surface area contributed by atoms with E-state index in [1.54, 1.807) is 26.2 Å². The minimum atomic E-state index is -0.652. The first-order valence-electron chi connectivity index (χ1n) is 9.19. The highest BCUT2D eigenvalue weighted by Crippen LogP contribution is 2.40. The standard InChI is InChI=1S/C22H27NO4/c1-14-10-11-18-16(12-14)17(13-22(3,4)27-18)23-21(24)15(2)26-20-9-7-6-8-19(20)25-5/h6-12,15,17H,13H2,1-5H3,(H,23,24)/t15-,17-/m1/s1. The molecule has 1 aliphatic rings. The molecule has 1 N–H and O–H groups in total. The Balaban J connectivity index is 1.76. The van der Waals surface area contributed by atoms with E-state index in [9.17, 15) is 4.79 Å². The lowest BCUT2D eigenvalue weighted by Gasteiger charge is -2.38. The molecule has 2 aromatic carbocycles. The predicted octanol–water partition coefficient (Wildman–Crippen LogP) is 4.19. The van der Waals surface area contributed by atoms with E-state index in [1.807, 2.05) is 45.0 Å². The summed E-state index contributed by atoms with van der Waals surface area (Å²) in [5.74, 6) is 1.80. The van der Waals surface area contributed by atoms with Crippen molar-refractivity contribution < 1.29 is 19.0 Å². The number of carbonyl (C=O) groups is 1. The molecule has 144 valence electrons. The number of benzene rings is 2. The summed E-state index contributed by atoms with van der Waals surface area (Å²) in [6, 6.07) is 13.2. The Kier molecular flexibility index (Phi) is 5.31. The molecule has 0 aromatic heterocycles. The van der Waals surface area contributed by atoms with Gasteiger partial charge >= 0.3 is 0 Å². The minimum absolute atomic E-state index is 0.125. The van der Waals surface area contributed by atoms with Gasteiger partial charge in [-0.05, 0) is 45.9 Å². The van der Waals surface area contributed by atoms with Crippen LogP contribution in [0.2, 0.25) is 0 Å². The molecule has 3 rings (SSSR count). The van der Waals surface area contributed by atoms with Crippen molar-refractivity contribution >= 4 is 5.91 Å². The third kappa shape index (κ3) is 4.35. The van der Waals surface area contributed by atoms with Crippen LogP contribution in [0.3, 0.4) is 0 Å². The Hall–Kier alpha value is -2.69. The molecule has 5 heteroatoms. The van der Waals surface area contributed by atoms with Gasteiger partial charge in [-0.15, -0.1) is 0 Å². The molecule has 0 saturated heterocycles. The number of amides is 1. The molecule has 0 aliphatic carbocycles. The average Bonchev–Trinajstić information content (AvgIpc) is 2.62. The largest absolute Gasteiger partial charge is 0.493 e. The topological polar surface area (TPSA) is 56.8 Å². The van der Waals surface area contributed by atoms with E-state index in [1.165, 1.54) is 0 Å². The smallest absolute Gasteiger partial charge is 0.261 e. The number of hydrogen-bond acceptors (Lipinski definition) is 4. The zero-order valence-corrected chi connectivity index (χ0v) is 16.5. The fraction of sp³-hybridized carbons (Fsp3) is 0.409. The van der Waals surface area contributed by atoms with Crippen LogP contribution in [-0.2, 0) is 4.79 Å². The third-order valence-corrected chi connectivity index (χ3v) is 4.68. The molecule has 2 aromatic rings. The van der Waals surface area contributed by atoms with Crippen LogP contribution in [0.4, 0.5) is 0 Å². The van der Waals surface area contributed by atoms with Crippen molar-refractivity contribution in [2.45, 2.75) is 51.9 Å². The molecule has 0 fully saturated rings. The van der Waals surface area contributed by atoms with Gasteiger partial charge in [0.1, 0.15) is 11.4 Å². The predicted molar refractivity (Wildman–Crippen MR) is 104 cm³/mol. The zero-order chi connectivity index (χ0) is 19.6. The van der Waals surface area contributed by atoms with Crippen LogP contribution < -0.4 is 19.5 Å². The van der Waals surface area contributed by atoms with E-state index in [0.29, 0.717) is 17.9 Å². The molecule has 2 atom stereocenters. The first kappa shape index (κ1) is 19.1. The molecule has 1 heterocycles. The van der Waals surface area contributed by atoms with Crippen molar-refractivity contribution in [3.05, 3.63) is 53.6 Å². The fourth-order valence-electron chi connectivity index (χ4n) is 3.35. The van der Waals surface area contributed by atoms with Gasteiger partial charge in [-0.2, -0.15) is 0 Å². The summed E-state index contributed by atoms with van der Waals surface area (Å²) in [6.07, 6.45) is 0.0387. The maximum absolute atomic E-state index is 12.8. The van der Waals surface area contributed by atoms with E-state index in [4.69, 9.17) is 14.2 Å². The van der Waals surface area contributed by atoms with E-state index in [0.717, 1.165) is 16.9 Å². The highest BCUT2D eigenvalue weighted by molar-refractivity contribution is 5.81. The van der Waals surface area contributed by atoms with Crippen LogP contribution in [0.5, 0.6) is 17.2 Å². The summed E-state index contributed by atoms with van der Waals surface area (Å²) in [5.41, 5.74) is 1.79. The van der Waals surface area contributed by atoms with Crippen LogP contribution in [0.1, 0.15) is 44.4 Å². The Labute approximate surface area is 160 Å². The first-order chi connectivity index (χ1) is 12.8. The van der Waals surface area contributed by atoms with Crippen molar-refractivity contribution in [1.82, 2.24) is 5.32 Å². The number of ether oxygens (including phenoxy) is 3.